The van der Waals surface area contributed by atoms with Crippen molar-refractivity contribution in [3.05, 3.63) is 77.6 Å². The van der Waals surface area contributed by atoms with Crippen molar-refractivity contribution in [2.24, 2.45) is 10.9 Å². The number of pyridine rings is 2. The average Bonchev–Trinajstić information content (AvgIpc) is 3.37. The Morgan fingerprint density at radius 2 is 2.00 bits per heavy atom. The normalized spacial score (nSPS) is 16.4. The number of likely N-dealkylation sites (tertiary alicyclic amines) is 1. The summed E-state index contributed by atoms with van der Waals surface area (Å²) < 4.78 is 6.32. The van der Waals surface area contributed by atoms with Gasteiger partial charge in [0.15, 0.2) is 16.7 Å². The van der Waals surface area contributed by atoms with E-state index in [2.05, 4.69) is 48.3 Å². The first-order chi connectivity index (χ1) is 19.5. The first-order valence-electron chi connectivity index (χ1n) is 13.3. The Morgan fingerprint density at radius 3 is 2.75 bits per heavy atom. The molecule has 4 aromatic rings. The second-order valence-electron chi connectivity index (χ2n) is 9.94. The third kappa shape index (κ3) is 6.13. The van der Waals surface area contributed by atoms with Gasteiger partial charge < -0.3 is 15.0 Å². The molecule has 2 aliphatic heterocycles. The molecule has 0 radical (unpaired) electrons. The maximum atomic E-state index is 6.32. The fourth-order valence-electron chi connectivity index (χ4n) is 4.96. The zero-order valence-electron chi connectivity index (χ0n) is 22.5. The lowest BCUT2D eigenvalue weighted by molar-refractivity contribution is 0.292. The number of thioether (sulfide) groups is 1. The highest BCUT2D eigenvalue weighted by Crippen LogP contribution is 2.38. The van der Waals surface area contributed by atoms with Crippen LogP contribution >= 0.6 is 32.4 Å². The molecular formula is C30H31N6OPS2. The molecule has 10 heteroatoms. The molecule has 0 atom stereocenters. The molecule has 1 saturated heterocycles. The summed E-state index contributed by atoms with van der Waals surface area (Å²) >= 11 is 3.26. The van der Waals surface area contributed by atoms with Crippen LogP contribution in [0.1, 0.15) is 25.3 Å². The van der Waals surface area contributed by atoms with E-state index in [9.17, 15) is 0 Å². The predicted molar refractivity (Wildman–Crippen MR) is 171 cm³/mol. The number of hydrogen-bond acceptors (Lipinski definition) is 7. The summed E-state index contributed by atoms with van der Waals surface area (Å²) in [5.41, 5.74) is 5.78. The molecule has 0 spiro atoms. The highest BCUT2D eigenvalue weighted by Gasteiger charge is 2.24. The molecule has 0 aliphatic carbocycles. The first-order valence-corrected chi connectivity index (χ1v) is 15.5. The van der Waals surface area contributed by atoms with Gasteiger partial charge in [-0.1, -0.05) is 41.7 Å². The number of hydrogen-bond donors (Lipinski definition) is 2. The summed E-state index contributed by atoms with van der Waals surface area (Å²) in [4.78, 5) is 22.0. The number of H-pyrrole nitrogens is 1. The number of fused-ring (bicyclic) bond motifs is 1. The van der Waals surface area contributed by atoms with E-state index in [1.165, 1.54) is 11.0 Å². The topological polar surface area (TPSA) is 78.4 Å². The van der Waals surface area contributed by atoms with Crippen molar-refractivity contribution >= 4 is 59.8 Å². The van der Waals surface area contributed by atoms with Crippen LogP contribution in [0.2, 0.25) is 0 Å². The van der Waals surface area contributed by atoms with Crippen LogP contribution < -0.4 is 10.1 Å². The van der Waals surface area contributed by atoms with E-state index in [0.29, 0.717) is 24.0 Å². The van der Waals surface area contributed by atoms with Crippen LogP contribution in [0.4, 0.5) is 5.82 Å². The maximum absolute atomic E-state index is 6.32. The number of amidine groups is 1. The van der Waals surface area contributed by atoms with Gasteiger partial charge in [-0.25, -0.2) is 4.98 Å². The second-order valence-corrected chi connectivity index (χ2v) is 12.6. The highest BCUT2D eigenvalue weighted by molar-refractivity contribution is 8.16. The van der Waals surface area contributed by atoms with Crippen LogP contribution in [0, 0.1) is 12.8 Å². The molecule has 0 saturated carbocycles. The maximum Gasteiger partial charge on any atom is 0.175 e. The number of anilines is 1. The van der Waals surface area contributed by atoms with Crippen molar-refractivity contribution < 1.29 is 4.74 Å². The third-order valence-corrected chi connectivity index (χ3v) is 9.40. The SMILES string of the molecule is CC(=P)N1CCC(C2=CSC(Nc3ncc(Sc4ccnc5c(C)c[nH]c45)cc3Oc3ccccc3)=NC2)CC1. The van der Waals surface area contributed by atoms with Gasteiger partial charge in [0.05, 0.1) is 17.6 Å². The van der Waals surface area contributed by atoms with Crippen molar-refractivity contribution in [1.29, 1.82) is 0 Å². The van der Waals surface area contributed by atoms with Crippen molar-refractivity contribution in [1.82, 2.24) is 19.9 Å². The molecule has 7 nitrogen and oxygen atoms in total. The minimum Gasteiger partial charge on any atom is -0.453 e. The van der Waals surface area contributed by atoms with Crippen LogP contribution in [0.25, 0.3) is 11.0 Å². The zero-order chi connectivity index (χ0) is 27.5. The molecule has 1 aromatic carbocycles. The summed E-state index contributed by atoms with van der Waals surface area (Å²) in [7, 11) is 3.67. The molecule has 6 rings (SSSR count). The fraction of sp³-hybridized carbons (Fsp3) is 0.267. The highest BCUT2D eigenvalue weighted by atomic mass is 32.2. The van der Waals surface area contributed by atoms with Gasteiger partial charge >= 0.3 is 0 Å². The Labute approximate surface area is 245 Å². The number of piperidine rings is 1. The predicted octanol–water partition coefficient (Wildman–Crippen LogP) is 7.61. The minimum absolute atomic E-state index is 0.592. The Balaban J connectivity index is 1.19. The van der Waals surface area contributed by atoms with Crippen LogP contribution in [-0.4, -0.2) is 50.1 Å². The quantitative estimate of drug-likeness (QED) is 0.216. The molecular weight excluding hydrogens is 555 g/mol. The molecule has 1 fully saturated rings. The van der Waals surface area contributed by atoms with Gasteiger partial charge in [0.25, 0.3) is 0 Å². The van der Waals surface area contributed by atoms with Crippen LogP contribution in [0.15, 0.2) is 86.8 Å². The standard InChI is InChI=1S/C30H31N6OPS2/c1-19-15-32-28-26(8-11-31-27(19)28)40-24-14-25(37-23-6-4-3-5-7-23)29(33-17-24)35-30-34-16-22(18-39-30)21-9-12-36(13-10-21)20(2)38/h3-8,11,14-15,17-18,21,32,38H,9-10,12-13,16H2,1-2H3,(H,33,34,35). The number of rotatable bonds is 7. The molecule has 2 aliphatic rings. The molecule has 5 heterocycles. The summed E-state index contributed by atoms with van der Waals surface area (Å²) in [5, 5.41) is 6.53. The number of nitrogens with zero attached hydrogens (tertiary/aromatic N) is 4. The van der Waals surface area contributed by atoms with Gasteiger partial charge in [-0.15, -0.1) is 8.86 Å². The monoisotopic (exact) mass is 586 g/mol. The Bertz CT molecular complexity index is 1590. The van der Waals surface area contributed by atoms with Crippen molar-refractivity contribution in [2.45, 2.75) is 36.5 Å². The van der Waals surface area contributed by atoms with Gasteiger partial charge in [0.1, 0.15) is 5.75 Å². The number of aromatic amines is 1. The summed E-state index contributed by atoms with van der Waals surface area (Å²) in [6.07, 6.45) is 8.03. The Morgan fingerprint density at radius 1 is 1.18 bits per heavy atom. The van der Waals surface area contributed by atoms with E-state index < -0.39 is 0 Å². The molecule has 204 valence electrons. The zero-order valence-corrected chi connectivity index (χ0v) is 25.1. The van der Waals surface area contributed by atoms with Gasteiger partial charge in [-0.05, 0) is 67.4 Å². The lowest BCUT2D eigenvalue weighted by Gasteiger charge is -2.33. The Hall–Kier alpha value is -3.10. The van der Waals surface area contributed by atoms with Gasteiger partial charge in [0, 0.05) is 53.0 Å². The van der Waals surface area contributed by atoms with Crippen molar-refractivity contribution in [3.63, 3.8) is 0 Å². The van der Waals surface area contributed by atoms with Crippen molar-refractivity contribution in [3.8, 4) is 11.5 Å². The van der Waals surface area contributed by atoms with E-state index in [0.717, 1.165) is 63.2 Å². The van der Waals surface area contributed by atoms with E-state index in [4.69, 9.17) is 14.7 Å². The van der Waals surface area contributed by atoms with Crippen molar-refractivity contribution in [2.75, 3.05) is 25.0 Å². The first kappa shape index (κ1) is 27.1. The van der Waals surface area contributed by atoms with Crippen LogP contribution in [-0.2, 0) is 0 Å². The molecule has 0 bridgehead atoms. The van der Waals surface area contributed by atoms with Gasteiger partial charge in [-0.3, -0.25) is 14.9 Å². The van der Waals surface area contributed by atoms with E-state index >= 15 is 0 Å². The molecule has 0 amide bonds. The number of benzene rings is 1. The number of aliphatic imine (C=N–C) groups is 1. The number of para-hydroxylation sites is 1. The third-order valence-electron chi connectivity index (χ3n) is 7.19. The summed E-state index contributed by atoms with van der Waals surface area (Å²) in [6, 6.07) is 13.8. The molecule has 2 N–H and O–H groups in total. The van der Waals surface area contributed by atoms with Crippen LogP contribution in [0.3, 0.4) is 0 Å². The minimum atomic E-state index is 0.592. The molecule has 0 unspecified atom stereocenters. The largest absolute Gasteiger partial charge is 0.453 e. The number of nitrogens with one attached hydrogen (secondary N) is 2. The summed E-state index contributed by atoms with van der Waals surface area (Å²) in [5.74, 6) is 2.64. The second kappa shape index (κ2) is 12.2. The van der Waals surface area contributed by atoms with E-state index in [1.807, 2.05) is 61.1 Å². The number of ether oxygens (including phenoxy) is 1. The average molecular weight is 587 g/mol. The Kier molecular flexibility index (Phi) is 8.25. The lowest BCUT2D eigenvalue weighted by atomic mass is 9.90. The number of aromatic nitrogens is 3. The van der Waals surface area contributed by atoms with Gasteiger partial charge in [-0.2, -0.15) is 0 Å². The molecule has 3 aromatic heterocycles. The van der Waals surface area contributed by atoms with E-state index in [1.54, 1.807) is 23.5 Å². The number of aryl methyl sites for hydroxylation is 1. The summed E-state index contributed by atoms with van der Waals surface area (Å²) in [6.45, 7) is 7.06. The molecule has 40 heavy (non-hydrogen) atoms. The van der Waals surface area contributed by atoms with E-state index in [-0.39, 0.29) is 0 Å². The smallest absolute Gasteiger partial charge is 0.175 e. The fourth-order valence-corrected chi connectivity index (χ4v) is 6.92. The van der Waals surface area contributed by atoms with Gasteiger partial charge in [0.2, 0.25) is 0 Å². The lowest BCUT2D eigenvalue weighted by Crippen LogP contribution is -2.36. The van der Waals surface area contributed by atoms with Crippen LogP contribution in [0.5, 0.6) is 11.5 Å².